The molecular formula is C14H12BrN3. The van der Waals surface area contributed by atoms with Gasteiger partial charge in [-0.1, -0.05) is 6.07 Å². The van der Waals surface area contributed by atoms with Crippen LogP contribution >= 0.6 is 15.9 Å². The largest absolute Gasteiger partial charge is 0.337 e. The molecule has 0 fully saturated rings. The van der Waals surface area contributed by atoms with Crippen LogP contribution in [0.4, 0.5) is 0 Å². The normalized spacial score (nSPS) is 12.8. The summed E-state index contributed by atoms with van der Waals surface area (Å²) in [5.41, 5.74) is 3.17. The minimum Gasteiger partial charge on any atom is -0.337 e. The number of hydrogen-bond donors (Lipinski definition) is 0. The lowest BCUT2D eigenvalue weighted by atomic mass is 10.2. The highest BCUT2D eigenvalue weighted by molar-refractivity contribution is 9.10. The SMILES string of the molecule is C[C@H](c1ccccn1)n1ccc2ncc(Br)cc21. The second-order valence-corrected chi connectivity index (χ2v) is 5.13. The van der Waals surface area contributed by atoms with E-state index in [1.807, 2.05) is 36.7 Å². The Morgan fingerprint density at radius 2 is 2.11 bits per heavy atom. The molecule has 0 aliphatic carbocycles. The first-order valence-corrected chi connectivity index (χ1v) is 6.58. The second kappa shape index (κ2) is 4.53. The molecule has 0 aliphatic heterocycles. The number of hydrogen-bond acceptors (Lipinski definition) is 2. The zero-order chi connectivity index (χ0) is 12.5. The summed E-state index contributed by atoms with van der Waals surface area (Å²) in [5, 5.41) is 0. The summed E-state index contributed by atoms with van der Waals surface area (Å²) in [6.45, 7) is 2.14. The quantitative estimate of drug-likeness (QED) is 0.721. The van der Waals surface area contributed by atoms with Gasteiger partial charge in [0.1, 0.15) is 0 Å². The number of fused-ring (bicyclic) bond motifs is 1. The molecular weight excluding hydrogens is 290 g/mol. The van der Waals surface area contributed by atoms with Gasteiger partial charge in [0.2, 0.25) is 0 Å². The minimum atomic E-state index is 0.194. The molecule has 0 aliphatic rings. The fourth-order valence-corrected chi connectivity index (χ4v) is 2.43. The fourth-order valence-electron chi connectivity index (χ4n) is 2.11. The van der Waals surface area contributed by atoms with Gasteiger partial charge in [-0.25, -0.2) is 0 Å². The Kier molecular flexibility index (Phi) is 2.88. The highest BCUT2D eigenvalue weighted by Crippen LogP contribution is 2.24. The Labute approximate surface area is 114 Å². The van der Waals surface area contributed by atoms with E-state index in [-0.39, 0.29) is 6.04 Å². The highest BCUT2D eigenvalue weighted by Gasteiger charge is 2.11. The maximum atomic E-state index is 4.41. The smallest absolute Gasteiger partial charge is 0.0882 e. The molecule has 4 heteroatoms. The van der Waals surface area contributed by atoms with Crippen LogP contribution in [0.3, 0.4) is 0 Å². The van der Waals surface area contributed by atoms with Crippen molar-refractivity contribution in [1.29, 1.82) is 0 Å². The molecule has 0 saturated carbocycles. The zero-order valence-electron chi connectivity index (χ0n) is 9.92. The van der Waals surface area contributed by atoms with Crippen molar-refractivity contribution in [2.75, 3.05) is 0 Å². The van der Waals surface area contributed by atoms with Crippen LogP contribution in [0.1, 0.15) is 18.7 Å². The fraction of sp³-hybridized carbons (Fsp3) is 0.143. The standard InChI is InChI=1S/C14H12BrN3/c1-10(12-4-2-3-6-16-12)18-7-5-13-14(18)8-11(15)9-17-13/h2-10H,1H3/t10-/m1/s1. The van der Waals surface area contributed by atoms with E-state index in [1.54, 1.807) is 0 Å². The van der Waals surface area contributed by atoms with E-state index in [1.165, 1.54) is 0 Å². The molecule has 90 valence electrons. The predicted octanol–water partition coefficient (Wildman–Crippen LogP) is 3.80. The molecule has 0 N–H and O–H groups in total. The molecule has 1 atom stereocenters. The van der Waals surface area contributed by atoms with E-state index >= 15 is 0 Å². The zero-order valence-corrected chi connectivity index (χ0v) is 11.5. The van der Waals surface area contributed by atoms with Gasteiger partial charge in [-0.05, 0) is 47.1 Å². The number of aromatic nitrogens is 3. The van der Waals surface area contributed by atoms with Crippen LogP contribution in [0.2, 0.25) is 0 Å². The van der Waals surface area contributed by atoms with Gasteiger partial charge in [-0.2, -0.15) is 0 Å². The van der Waals surface area contributed by atoms with Gasteiger partial charge >= 0.3 is 0 Å². The van der Waals surface area contributed by atoms with Gasteiger partial charge in [0, 0.05) is 23.1 Å². The molecule has 0 spiro atoms. The van der Waals surface area contributed by atoms with Crippen molar-refractivity contribution in [1.82, 2.24) is 14.5 Å². The highest BCUT2D eigenvalue weighted by atomic mass is 79.9. The molecule has 0 bridgehead atoms. The Hall–Kier alpha value is -1.68. The molecule has 3 aromatic rings. The molecule has 0 amide bonds. The summed E-state index contributed by atoms with van der Waals surface area (Å²) < 4.78 is 3.18. The number of pyridine rings is 2. The summed E-state index contributed by atoms with van der Waals surface area (Å²) in [4.78, 5) is 8.80. The van der Waals surface area contributed by atoms with E-state index in [9.17, 15) is 0 Å². The van der Waals surface area contributed by atoms with Gasteiger partial charge in [0.25, 0.3) is 0 Å². The number of halogens is 1. The summed E-state index contributed by atoms with van der Waals surface area (Å²) in [6.07, 6.45) is 5.70. The first-order valence-electron chi connectivity index (χ1n) is 5.79. The van der Waals surface area contributed by atoms with Crippen molar-refractivity contribution >= 4 is 27.0 Å². The average Bonchev–Trinajstić information content (AvgIpc) is 2.82. The summed E-state index contributed by atoms with van der Waals surface area (Å²) in [5.74, 6) is 0. The number of nitrogens with zero attached hydrogens (tertiary/aromatic N) is 3. The van der Waals surface area contributed by atoms with Gasteiger partial charge in [0.15, 0.2) is 0 Å². The molecule has 3 rings (SSSR count). The van der Waals surface area contributed by atoms with Crippen molar-refractivity contribution in [2.24, 2.45) is 0 Å². The van der Waals surface area contributed by atoms with Gasteiger partial charge in [0.05, 0.1) is 22.8 Å². The molecule has 3 nitrogen and oxygen atoms in total. The maximum Gasteiger partial charge on any atom is 0.0882 e. The van der Waals surface area contributed by atoms with Crippen molar-refractivity contribution in [3.05, 3.63) is 59.1 Å². The third kappa shape index (κ3) is 1.93. The van der Waals surface area contributed by atoms with Gasteiger partial charge in [-0.15, -0.1) is 0 Å². The van der Waals surface area contributed by atoms with Crippen molar-refractivity contribution in [2.45, 2.75) is 13.0 Å². The summed E-state index contributed by atoms with van der Waals surface area (Å²) >= 11 is 3.47. The Morgan fingerprint density at radius 1 is 1.22 bits per heavy atom. The topological polar surface area (TPSA) is 30.7 Å². The first kappa shape index (κ1) is 11.4. The van der Waals surface area contributed by atoms with Crippen molar-refractivity contribution < 1.29 is 0 Å². The van der Waals surface area contributed by atoms with Crippen LogP contribution in [0.5, 0.6) is 0 Å². The number of rotatable bonds is 2. The van der Waals surface area contributed by atoms with E-state index in [4.69, 9.17) is 0 Å². The predicted molar refractivity (Wildman–Crippen MR) is 75.5 cm³/mol. The van der Waals surface area contributed by atoms with Crippen molar-refractivity contribution in [3.8, 4) is 0 Å². The summed E-state index contributed by atoms with van der Waals surface area (Å²) in [6, 6.07) is 10.3. The van der Waals surface area contributed by atoms with Crippen LogP contribution in [-0.2, 0) is 0 Å². The van der Waals surface area contributed by atoms with E-state index < -0.39 is 0 Å². The van der Waals surface area contributed by atoms with Gasteiger partial charge < -0.3 is 4.57 Å². The maximum absolute atomic E-state index is 4.41. The Morgan fingerprint density at radius 3 is 2.89 bits per heavy atom. The second-order valence-electron chi connectivity index (χ2n) is 4.21. The molecule has 0 saturated heterocycles. The van der Waals surface area contributed by atoms with Crippen LogP contribution in [-0.4, -0.2) is 14.5 Å². The van der Waals surface area contributed by atoms with Crippen LogP contribution in [0.15, 0.2) is 53.4 Å². The molecule has 0 radical (unpaired) electrons. The first-order chi connectivity index (χ1) is 8.75. The van der Waals surface area contributed by atoms with E-state index in [0.717, 1.165) is 21.2 Å². The molecule has 0 unspecified atom stereocenters. The van der Waals surface area contributed by atoms with E-state index in [2.05, 4.69) is 49.7 Å². The lowest BCUT2D eigenvalue weighted by Crippen LogP contribution is -2.06. The summed E-state index contributed by atoms with van der Waals surface area (Å²) in [7, 11) is 0. The average molecular weight is 302 g/mol. The minimum absolute atomic E-state index is 0.194. The third-order valence-corrected chi connectivity index (χ3v) is 3.50. The van der Waals surface area contributed by atoms with Crippen LogP contribution in [0.25, 0.3) is 11.0 Å². The Balaban J connectivity index is 2.12. The molecule has 18 heavy (non-hydrogen) atoms. The van der Waals surface area contributed by atoms with Gasteiger partial charge in [-0.3, -0.25) is 9.97 Å². The molecule has 3 aromatic heterocycles. The molecule has 0 aromatic carbocycles. The van der Waals surface area contributed by atoms with Crippen LogP contribution in [0, 0.1) is 0 Å². The lowest BCUT2D eigenvalue weighted by molar-refractivity contribution is 0.643. The third-order valence-electron chi connectivity index (χ3n) is 3.07. The van der Waals surface area contributed by atoms with E-state index in [0.29, 0.717) is 0 Å². The Bertz CT molecular complexity index is 676. The monoisotopic (exact) mass is 301 g/mol. The molecule has 3 heterocycles. The lowest BCUT2D eigenvalue weighted by Gasteiger charge is -2.14. The van der Waals surface area contributed by atoms with Crippen LogP contribution < -0.4 is 0 Å². The van der Waals surface area contributed by atoms with Crippen molar-refractivity contribution in [3.63, 3.8) is 0 Å².